The summed E-state index contributed by atoms with van der Waals surface area (Å²) in [7, 11) is 1.80. The second-order valence-corrected chi connectivity index (χ2v) is 6.38. The van der Waals surface area contributed by atoms with E-state index in [2.05, 4.69) is 10.6 Å². The molecule has 0 unspecified atom stereocenters. The summed E-state index contributed by atoms with van der Waals surface area (Å²) in [5, 5.41) is 7.16. The molecule has 0 spiro atoms. The number of nitrogens with one attached hydrogen (secondary N) is 2. The first-order chi connectivity index (χ1) is 12.0. The molecule has 0 saturated heterocycles. The standard InChI is InChI=1S/C17H16N4O3S/c1-21-12-5-6-25-14(12)8-13(21)17(24)19-9-15(22)20-11-4-2-3-10(7-11)16(18)23/h2-8H,9H2,1H3,(H2,18,23)(H,19,24)(H,20,22). The van der Waals surface area contributed by atoms with Gasteiger partial charge < -0.3 is 20.9 Å². The number of aryl methyl sites for hydroxylation is 1. The monoisotopic (exact) mass is 356 g/mol. The van der Waals surface area contributed by atoms with Gasteiger partial charge in [0.25, 0.3) is 5.91 Å². The summed E-state index contributed by atoms with van der Waals surface area (Å²) >= 11 is 1.55. The van der Waals surface area contributed by atoms with Gasteiger partial charge >= 0.3 is 0 Å². The van der Waals surface area contributed by atoms with E-state index in [9.17, 15) is 14.4 Å². The van der Waals surface area contributed by atoms with Crippen LogP contribution in [0.5, 0.6) is 0 Å². The van der Waals surface area contributed by atoms with Crippen LogP contribution < -0.4 is 16.4 Å². The Morgan fingerprint density at radius 2 is 2.00 bits per heavy atom. The number of carbonyl (C=O) groups is 3. The van der Waals surface area contributed by atoms with Gasteiger partial charge in [0, 0.05) is 18.3 Å². The fraction of sp³-hybridized carbons (Fsp3) is 0.118. The summed E-state index contributed by atoms with van der Waals surface area (Å²) in [6.07, 6.45) is 0. The first kappa shape index (κ1) is 16.7. The van der Waals surface area contributed by atoms with Crippen molar-refractivity contribution >= 4 is 45.0 Å². The number of anilines is 1. The van der Waals surface area contributed by atoms with E-state index >= 15 is 0 Å². The van der Waals surface area contributed by atoms with E-state index < -0.39 is 11.8 Å². The Labute approximate surface area is 147 Å². The van der Waals surface area contributed by atoms with Crippen LogP contribution in [0.2, 0.25) is 0 Å². The van der Waals surface area contributed by atoms with Crippen LogP contribution in [-0.2, 0) is 11.8 Å². The van der Waals surface area contributed by atoms with Crippen LogP contribution >= 0.6 is 11.3 Å². The van der Waals surface area contributed by atoms with Crippen LogP contribution in [0.15, 0.2) is 41.8 Å². The Morgan fingerprint density at radius 1 is 1.20 bits per heavy atom. The van der Waals surface area contributed by atoms with Gasteiger partial charge in [-0.25, -0.2) is 0 Å². The molecule has 0 saturated carbocycles. The number of nitrogens with two attached hydrogens (primary N) is 1. The molecule has 3 amide bonds. The van der Waals surface area contributed by atoms with Gasteiger partial charge in [-0.05, 0) is 35.7 Å². The van der Waals surface area contributed by atoms with Crippen LogP contribution in [0.25, 0.3) is 10.2 Å². The number of amides is 3. The predicted molar refractivity (Wildman–Crippen MR) is 96.7 cm³/mol. The number of aromatic nitrogens is 1. The van der Waals surface area contributed by atoms with Gasteiger partial charge in [0.15, 0.2) is 0 Å². The summed E-state index contributed by atoms with van der Waals surface area (Å²) in [4.78, 5) is 35.4. The lowest BCUT2D eigenvalue weighted by molar-refractivity contribution is -0.115. The number of benzene rings is 1. The minimum Gasteiger partial charge on any atom is -0.366 e. The average molecular weight is 356 g/mol. The lowest BCUT2D eigenvalue weighted by Gasteiger charge is -2.08. The minimum atomic E-state index is -0.576. The fourth-order valence-corrected chi connectivity index (χ4v) is 3.32. The van der Waals surface area contributed by atoms with Crippen molar-refractivity contribution in [1.82, 2.24) is 9.88 Å². The van der Waals surface area contributed by atoms with Crippen LogP contribution in [-0.4, -0.2) is 28.8 Å². The van der Waals surface area contributed by atoms with Crippen molar-refractivity contribution < 1.29 is 14.4 Å². The molecule has 0 aliphatic rings. The molecular formula is C17H16N4O3S. The van der Waals surface area contributed by atoms with Crippen molar-refractivity contribution in [3.8, 4) is 0 Å². The fourth-order valence-electron chi connectivity index (χ4n) is 2.47. The van der Waals surface area contributed by atoms with Gasteiger partial charge in [-0.3, -0.25) is 14.4 Å². The van der Waals surface area contributed by atoms with Crippen LogP contribution in [0.1, 0.15) is 20.8 Å². The highest BCUT2D eigenvalue weighted by molar-refractivity contribution is 7.17. The van der Waals surface area contributed by atoms with Crippen molar-refractivity contribution in [3.05, 3.63) is 53.0 Å². The maximum absolute atomic E-state index is 12.3. The second-order valence-electron chi connectivity index (χ2n) is 5.43. The molecule has 25 heavy (non-hydrogen) atoms. The lowest BCUT2D eigenvalue weighted by Crippen LogP contribution is -2.33. The smallest absolute Gasteiger partial charge is 0.268 e. The summed E-state index contributed by atoms with van der Waals surface area (Å²) in [6.45, 7) is -0.182. The third kappa shape index (κ3) is 3.53. The molecule has 0 bridgehead atoms. The van der Waals surface area contributed by atoms with Gasteiger partial charge in [0.2, 0.25) is 11.8 Å². The van der Waals surface area contributed by atoms with Crippen molar-refractivity contribution in [1.29, 1.82) is 0 Å². The van der Waals surface area contributed by atoms with Gasteiger partial charge in [0.1, 0.15) is 5.69 Å². The summed E-state index contributed by atoms with van der Waals surface area (Å²) in [5.41, 5.74) is 7.41. The maximum Gasteiger partial charge on any atom is 0.268 e. The zero-order valence-electron chi connectivity index (χ0n) is 13.4. The Hall–Kier alpha value is -3.13. The number of fused-ring (bicyclic) bond motifs is 1. The number of nitrogens with zero attached hydrogens (tertiary/aromatic N) is 1. The molecule has 0 aliphatic carbocycles. The van der Waals surface area contributed by atoms with Crippen LogP contribution in [0.4, 0.5) is 5.69 Å². The maximum atomic E-state index is 12.3. The predicted octanol–water partition coefficient (Wildman–Crippen LogP) is 1.71. The normalized spacial score (nSPS) is 10.6. The Bertz CT molecular complexity index is 973. The molecule has 0 aliphatic heterocycles. The van der Waals surface area contributed by atoms with Crippen LogP contribution in [0, 0.1) is 0 Å². The highest BCUT2D eigenvalue weighted by Gasteiger charge is 2.15. The van der Waals surface area contributed by atoms with E-state index in [1.807, 2.05) is 11.4 Å². The summed E-state index contributed by atoms with van der Waals surface area (Å²) in [5.74, 6) is -1.30. The van der Waals surface area contributed by atoms with Crippen LogP contribution in [0.3, 0.4) is 0 Å². The number of hydrogen-bond acceptors (Lipinski definition) is 4. The number of rotatable bonds is 5. The number of carbonyl (C=O) groups excluding carboxylic acids is 3. The van der Waals surface area contributed by atoms with E-state index in [0.717, 1.165) is 10.2 Å². The quantitative estimate of drug-likeness (QED) is 0.648. The third-order valence-electron chi connectivity index (χ3n) is 3.74. The number of hydrogen-bond donors (Lipinski definition) is 3. The molecular weight excluding hydrogens is 340 g/mol. The van der Waals surface area contributed by atoms with Gasteiger partial charge in [-0.15, -0.1) is 11.3 Å². The Kier molecular flexibility index (Phi) is 4.53. The van der Waals surface area contributed by atoms with Gasteiger partial charge in [-0.1, -0.05) is 6.07 Å². The molecule has 0 atom stereocenters. The van der Waals surface area contributed by atoms with Gasteiger partial charge in [0.05, 0.1) is 16.8 Å². The molecule has 4 N–H and O–H groups in total. The molecule has 0 fully saturated rings. The topological polar surface area (TPSA) is 106 Å². The Balaban J connectivity index is 1.61. The molecule has 3 rings (SSSR count). The minimum absolute atomic E-state index is 0.182. The number of primary amides is 1. The third-order valence-corrected chi connectivity index (χ3v) is 4.59. The summed E-state index contributed by atoms with van der Waals surface area (Å²) in [6, 6.07) is 10.0. The number of thiophene rings is 1. The zero-order chi connectivity index (χ0) is 18.0. The van der Waals surface area contributed by atoms with E-state index in [-0.39, 0.29) is 12.5 Å². The molecule has 2 aromatic heterocycles. The molecule has 2 heterocycles. The molecule has 128 valence electrons. The van der Waals surface area contributed by atoms with E-state index in [0.29, 0.717) is 16.9 Å². The molecule has 3 aromatic rings. The van der Waals surface area contributed by atoms with Crippen molar-refractivity contribution in [2.75, 3.05) is 11.9 Å². The second kappa shape index (κ2) is 6.78. The highest BCUT2D eigenvalue weighted by Crippen LogP contribution is 2.23. The molecule has 1 aromatic carbocycles. The zero-order valence-corrected chi connectivity index (χ0v) is 14.2. The average Bonchev–Trinajstić information content (AvgIpc) is 3.16. The first-order valence-electron chi connectivity index (χ1n) is 7.46. The van der Waals surface area contributed by atoms with Gasteiger partial charge in [-0.2, -0.15) is 0 Å². The SMILES string of the molecule is Cn1c(C(=O)NCC(=O)Nc2cccc(C(N)=O)c2)cc2sccc21. The van der Waals surface area contributed by atoms with Crippen molar-refractivity contribution in [2.45, 2.75) is 0 Å². The van der Waals surface area contributed by atoms with Crippen molar-refractivity contribution in [2.24, 2.45) is 12.8 Å². The van der Waals surface area contributed by atoms with E-state index in [4.69, 9.17) is 5.73 Å². The first-order valence-corrected chi connectivity index (χ1v) is 8.34. The highest BCUT2D eigenvalue weighted by atomic mass is 32.1. The molecule has 8 heteroatoms. The van der Waals surface area contributed by atoms with E-state index in [1.165, 1.54) is 6.07 Å². The van der Waals surface area contributed by atoms with E-state index in [1.54, 1.807) is 47.2 Å². The Morgan fingerprint density at radius 3 is 2.72 bits per heavy atom. The molecule has 0 radical (unpaired) electrons. The lowest BCUT2D eigenvalue weighted by atomic mass is 10.2. The van der Waals surface area contributed by atoms with Crippen molar-refractivity contribution in [3.63, 3.8) is 0 Å². The summed E-state index contributed by atoms with van der Waals surface area (Å²) < 4.78 is 2.80. The molecule has 7 nitrogen and oxygen atoms in total. The largest absolute Gasteiger partial charge is 0.366 e.